The first kappa shape index (κ1) is 15.5. The normalized spacial score (nSPS) is 11.7. The van der Waals surface area contributed by atoms with Crippen molar-refractivity contribution < 1.29 is 9.32 Å². The van der Waals surface area contributed by atoms with Gasteiger partial charge in [0.15, 0.2) is 0 Å². The molecule has 2 aromatic rings. The number of hydrogen-bond donors (Lipinski definition) is 1. The van der Waals surface area contributed by atoms with Gasteiger partial charge in [-0.1, -0.05) is 53.7 Å². The van der Waals surface area contributed by atoms with Crippen LogP contribution in [0.3, 0.4) is 0 Å². The Hall–Kier alpha value is -2.88. The van der Waals surface area contributed by atoms with E-state index in [1.54, 1.807) is 12.1 Å². The molecule has 0 radical (unpaired) electrons. The van der Waals surface area contributed by atoms with Gasteiger partial charge in [0.25, 0.3) is 5.91 Å². The molecule has 1 amide bonds. The van der Waals surface area contributed by atoms with Gasteiger partial charge in [-0.25, -0.2) is 0 Å². The van der Waals surface area contributed by atoms with Crippen molar-refractivity contribution in [2.24, 2.45) is 0 Å². The van der Waals surface area contributed by atoms with Crippen molar-refractivity contribution in [2.45, 2.75) is 13.8 Å². The standard InChI is InChI=1S/C18H18N2O2/c1-3-4-5-6-7-11-15-13-17(22-20-15)18(21)19-16-12-9-8-10-14(16)2/h3-13H,1-2H3,(H,19,21)/b4-3-,6-5-,11-7+. The highest BCUT2D eigenvalue weighted by molar-refractivity contribution is 6.02. The van der Waals surface area contributed by atoms with Gasteiger partial charge in [-0.2, -0.15) is 0 Å². The van der Waals surface area contributed by atoms with Gasteiger partial charge in [0.05, 0.1) is 0 Å². The van der Waals surface area contributed by atoms with E-state index in [1.807, 2.05) is 68.5 Å². The van der Waals surface area contributed by atoms with Crippen molar-refractivity contribution in [1.82, 2.24) is 5.16 Å². The molecule has 0 unspecified atom stereocenters. The second-order valence-electron chi connectivity index (χ2n) is 4.65. The molecular formula is C18H18N2O2. The molecule has 0 spiro atoms. The fourth-order valence-corrected chi connectivity index (χ4v) is 1.77. The van der Waals surface area contributed by atoms with E-state index in [9.17, 15) is 4.79 Å². The first-order chi connectivity index (χ1) is 10.7. The van der Waals surface area contributed by atoms with Crippen molar-refractivity contribution in [3.05, 3.63) is 77.7 Å². The van der Waals surface area contributed by atoms with Crippen molar-refractivity contribution in [1.29, 1.82) is 0 Å². The summed E-state index contributed by atoms with van der Waals surface area (Å²) in [5.74, 6) is -0.133. The van der Waals surface area contributed by atoms with Crippen molar-refractivity contribution in [3.63, 3.8) is 0 Å². The summed E-state index contributed by atoms with van der Waals surface area (Å²) in [6, 6.07) is 9.17. The smallest absolute Gasteiger partial charge is 0.294 e. The number of amides is 1. The Morgan fingerprint density at radius 2 is 1.95 bits per heavy atom. The fourth-order valence-electron chi connectivity index (χ4n) is 1.77. The molecule has 4 heteroatoms. The predicted molar refractivity (Wildman–Crippen MR) is 88.6 cm³/mol. The molecule has 0 aliphatic rings. The molecule has 22 heavy (non-hydrogen) atoms. The molecule has 1 aromatic heterocycles. The number of carbonyl (C=O) groups is 1. The third kappa shape index (κ3) is 4.31. The number of anilines is 1. The lowest BCUT2D eigenvalue weighted by Gasteiger charge is -2.05. The number of aryl methyl sites for hydroxylation is 1. The van der Waals surface area contributed by atoms with Crippen LogP contribution in [0.15, 0.2) is 65.2 Å². The number of nitrogens with one attached hydrogen (secondary N) is 1. The van der Waals surface area contributed by atoms with Gasteiger partial charge in [0.2, 0.25) is 5.76 Å². The first-order valence-electron chi connectivity index (χ1n) is 7.00. The average molecular weight is 294 g/mol. The van der Waals surface area contributed by atoms with Gasteiger partial charge >= 0.3 is 0 Å². The van der Waals surface area contributed by atoms with E-state index in [4.69, 9.17) is 4.52 Å². The van der Waals surface area contributed by atoms with Gasteiger partial charge in [-0.3, -0.25) is 4.79 Å². The SMILES string of the molecule is C\C=C/C=C\C=C\c1cc(C(=O)Nc2ccccc2C)on1. The van der Waals surface area contributed by atoms with Crippen LogP contribution in [0.4, 0.5) is 5.69 Å². The Bertz CT molecular complexity index is 724. The van der Waals surface area contributed by atoms with E-state index in [2.05, 4.69) is 10.5 Å². The van der Waals surface area contributed by atoms with Crippen molar-refractivity contribution >= 4 is 17.7 Å². The predicted octanol–water partition coefficient (Wildman–Crippen LogP) is 4.38. The minimum atomic E-state index is -0.314. The molecule has 1 aromatic carbocycles. The lowest BCUT2D eigenvalue weighted by Crippen LogP contribution is -2.11. The summed E-state index contributed by atoms with van der Waals surface area (Å²) in [6.45, 7) is 3.88. The summed E-state index contributed by atoms with van der Waals surface area (Å²) in [6.07, 6.45) is 11.3. The minimum Gasteiger partial charge on any atom is -0.350 e. The Morgan fingerprint density at radius 1 is 1.18 bits per heavy atom. The molecule has 2 rings (SSSR count). The van der Waals surface area contributed by atoms with Crippen LogP contribution in [0.1, 0.15) is 28.7 Å². The van der Waals surface area contributed by atoms with Gasteiger partial charge in [0.1, 0.15) is 5.69 Å². The molecule has 112 valence electrons. The number of hydrogen-bond acceptors (Lipinski definition) is 3. The molecule has 0 saturated heterocycles. The van der Waals surface area contributed by atoms with Gasteiger partial charge < -0.3 is 9.84 Å². The monoisotopic (exact) mass is 294 g/mol. The maximum Gasteiger partial charge on any atom is 0.294 e. The summed E-state index contributed by atoms with van der Waals surface area (Å²) < 4.78 is 5.07. The van der Waals surface area contributed by atoms with E-state index >= 15 is 0 Å². The van der Waals surface area contributed by atoms with Crippen LogP contribution in [-0.2, 0) is 0 Å². The Kier molecular flexibility index (Phi) is 5.49. The summed E-state index contributed by atoms with van der Waals surface area (Å²) in [5, 5.41) is 6.65. The molecule has 0 atom stereocenters. The third-order valence-corrected chi connectivity index (χ3v) is 2.94. The largest absolute Gasteiger partial charge is 0.350 e. The van der Waals surface area contributed by atoms with Gasteiger partial charge in [-0.05, 0) is 31.6 Å². The number of benzene rings is 1. The van der Waals surface area contributed by atoms with E-state index in [1.165, 1.54) is 0 Å². The highest BCUT2D eigenvalue weighted by Gasteiger charge is 2.12. The Labute approximate surface area is 129 Å². The fraction of sp³-hybridized carbons (Fsp3) is 0.111. The van der Waals surface area contributed by atoms with Gasteiger partial charge in [-0.15, -0.1) is 0 Å². The van der Waals surface area contributed by atoms with E-state index in [0.717, 1.165) is 11.3 Å². The van der Waals surface area contributed by atoms with Crippen LogP contribution in [-0.4, -0.2) is 11.1 Å². The molecule has 0 fully saturated rings. The Balaban J connectivity index is 2.02. The third-order valence-electron chi connectivity index (χ3n) is 2.94. The topological polar surface area (TPSA) is 55.1 Å². The van der Waals surface area contributed by atoms with Crippen LogP contribution in [0.5, 0.6) is 0 Å². The first-order valence-corrected chi connectivity index (χ1v) is 7.00. The Morgan fingerprint density at radius 3 is 2.73 bits per heavy atom. The zero-order valence-corrected chi connectivity index (χ0v) is 12.6. The molecule has 0 aliphatic carbocycles. The summed E-state index contributed by atoms with van der Waals surface area (Å²) in [5.41, 5.74) is 2.35. The number of carbonyl (C=O) groups excluding carboxylic acids is 1. The number of allylic oxidation sites excluding steroid dienone is 5. The highest BCUT2D eigenvalue weighted by atomic mass is 16.5. The molecular weight excluding hydrogens is 276 g/mol. The van der Waals surface area contributed by atoms with Crippen LogP contribution in [0, 0.1) is 6.92 Å². The minimum absolute atomic E-state index is 0.181. The maximum absolute atomic E-state index is 12.1. The molecule has 0 saturated carbocycles. The van der Waals surface area contributed by atoms with Crippen LogP contribution in [0.2, 0.25) is 0 Å². The number of aromatic nitrogens is 1. The lowest BCUT2D eigenvalue weighted by atomic mass is 10.2. The molecule has 1 N–H and O–H groups in total. The molecule has 0 aliphatic heterocycles. The van der Waals surface area contributed by atoms with Crippen LogP contribution in [0.25, 0.3) is 6.08 Å². The van der Waals surface area contributed by atoms with Crippen LogP contribution >= 0.6 is 0 Å². The zero-order valence-electron chi connectivity index (χ0n) is 12.6. The zero-order chi connectivity index (χ0) is 15.8. The van der Waals surface area contributed by atoms with E-state index in [0.29, 0.717) is 5.69 Å². The molecule has 1 heterocycles. The molecule has 4 nitrogen and oxygen atoms in total. The van der Waals surface area contributed by atoms with E-state index in [-0.39, 0.29) is 11.7 Å². The highest BCUT2D eigenvalue weighted by Crippen LogP contribution is 2.15. The number of para-hydroxylation sites is 1. The second kappa shape index (κ2) is 7.78. The molecule has 0 bridgehead atoms. The summed E-state index contributed by atoms with van der Waals surface area (Å²) in [7, 11) is 0. The summed E-state index contributed by atoms with van der Waals surface area (Å²) in [4.78, 5) is 12.1. The quantitative estimate of drug-likeness (QED) is 0.832. The van der Waals surface area contributed by atoms with E-state index < -0.39 is 0 Å². The van der Waals surface area contributed by atoms with Crippen molar-refractivity contribution in [3.8, 4) is 0 Å². The van der Waals surface area contributed by atoms with Crippen molar-refractivity contribution in [2.75, 3.05) is 5.32 Å². The number of nitrogens with zero attached hydrogens (tertiary/aromatic N) is 1. The van der Waals surface area contributed by atoms with Gasteiger partial charge in [0, 0.05) is 11.8 Å². The number of rotatable bonds is 5. The van der Waals surface area contributed by atoms with Crippen LogP contribution < -0.4 is 5.32 Å². The lowest BCUT2D eigenvalue weighted by molar-refractivity contribution is 0.0988. The second-order valence-corrected chi connectivity index (χ2v) is 4.65. The maximum atomic E-state index is 12.1. The average Bonchev–Trinajstić information content (AvgIpc) is 2.98. The summed E-state index contributed by atoms with van der Waals surface area (Å²) >= 11 is 0.